The predicted molar refractivity (Wildman–Crippen MR) is 61.8 cm³/mol. The topological polar surface area (TPSA) is 38.0 Å². The van der Waals surface area contributed by atoms with Crippen LogP contribution in [0.3, 0.4) is 0 Å². The Labute approximate surface area is 96.5 Å². The molecule has 0 spiro atoms. The van der Waals surface area contributed by atoms with Gasteiger partial charge in [0.25, 0.3) is 0 Å². The first-order valence-electron chi connectivity index (χ1n) is 6.48. The molecule has 0 saturated heterocycles. The van der Waals surface area contributed by atoms with Crippen LogP contribution in [-0.4, -0.2) is 14.9 Å². The van der Waals surface area contributed by atoms with Gasteiger partial charge in [-0.1, -0.05) is 6.42 Å². The largest absolute Gasteiger partial charge is 0.388 e. The lowest BCUT2D eigenvalue weighted by Crippen LogP contribution is -2.18. The van der Waals surface area contributed by atoms with Crippen molar-refractivity contribution in [2.45, 2.75) is 45.3 Å². The smallest absolute Gasteiger partial charge is 0.0851 e. The number of nitrogens with zero attached hydrogens (tertiary/aromatic N) is 2. The molecule has 2 bridgehead atoms. The molecule has 1 heterocycles. The molecule has 16 heavy (non-hydrogen) atoms. The fourth-order valence-corrected chi connectivity index (χ4v) is 3.63. The molecule has 2 aliphatic carbocycles. The van der Waals surface area contributed by atoms with Crippen molar-refractivity contribution in [3.8, 4) is 0 Å². The molecule has 3 nitrogen and oxygen atoms in total. The van der Waals surface area contributed by atoms with E-state index >= 15 is 0 Å². The zero-order valence-electron chi connectivity index (χ0n) is 9.84. The fraction of sp³-hybridized carbons (Fsp3) is 0.769. The number of aromatic nitrogens is 2. The Morgan fingerprint density at radius 3 is 2.94 bits per heavy atom. The van der Waals surface area contributed by atoms with E-state index < -0.39 is 0 Å². The highest BCUT2D eigenvalue weighted by Gasteiger charge is 2.43. The molecule has 1 aromatic heterocycles. The Bertz CT molecular complexity index is 374. The van der Waals surface area contributed by atoms with Crippen LogP contribution in [0, 0.1) is 17.8 Å². The van der Waals surface area contributed by atoms with E-state index in [0.29, 0.717) is 5.92 Å². The molecule has 1 aromatic rings. The third-order valence-corrected chi connectivity index (χ3v) is 4.52. The average Bonchev–Trinajstić information content (AvgIpc) is 3.03. The molecule has 2 fully saturated rings. The zero-order valence-corrected chi connectivity index (χ0v) is 9.84. The van der Waals surface area contributed by atoms with E-state index in [9.17, 15) is 5.11 Å². The molecule has 0 aliphatic heterocycles. The van der Waals surface area contributed by atoms with E-state index in [0.717, 1.165) is 23.9 Å². The SMILES string of the molecule is CCn1cc(C(O)C2CC3CCC2C3)cn1. The third-order valence-electron chi connectivity index (χ3n) is 4.52. The first kappa shape index (κ1) is 10.3. The van der Waals surface area contributed by atoms with Gasteiger partial charge in [-0.25, -0.2) is 0 Å². The van der Waals surface area contributed by atoms with Gasteiger partial charge in [-0.2, -0.15) is 5.10 Å². The summed E-state index contributed by atoms with van der Waals surface area (Å²) in [6.07, 6.45) is 8.84. The first-order valence-corrected chi connectivity index (χ1v) is 6.48. The number of hydrogen-bond donors (Lipinski definition) is 1. The Morgan fingerprint density at radius 2 is 2.38 bits per heavy atom. The van der Waals surface area contributed by atoms with Crippen LogP contribution in [0.2, 0.25) is 0 Å². The van der Waals surface area contributed by atoms with Crippen LogP contribution >= 0.6 is 0 Å². The van der Waals surface area contributed by atoms with Crippen molar-refractivity contribution >= 4 is 0 Å². The van der Waals surface area contributed by atoms with Crippen molar-refractivity contribution in [2.24, 2.45) is 17.8 Å². The molecule has 3 rings (SSSR count). The monoisotopic (exact) mass is 220 g/mol. The summed E-state index contributed by atoms with van der Waals surface area (Å²) in [6.45, 7) is 2.95. The minimum absolute atomic E-state index is 0.282. The van der Waals surface area contributed by atoms with Crippen LogP contribution < -0.4 is 0 Å². The van der Waals surface area contributed by atoms with E-state index in [2.05, 4.69) is 12.0 Å². The maximum atomic E-state index is 10.4. The molecule has 2 saturated carbocycles. The lowest BCUT2D eigenvalue weighted by atomic mass is 9.83. The Balaban J connectivity index is 1.75. The Morgan fingerprint density at radius 1 is 1.50 bits per heavy atom. The number of aliphatic hydroxyl groups excluding tert-OH is 1. The van der Waals surface area contributed by atoms with Crippen LogP contribution in [-0.2, 0) is 6.54 Å². The van der Waals surface area contributed by atoms with E-state index in [4.69, 9.17) is 0 Å². The van der Waals surface area contributed by atoms with Crippen LogP contribution in [0.25, 0.3) is 0 Å². The second kappa shape index (κ2) is 3.88. The number of fused-ring (bicyclic) bond motifs is 2. The summed E-state index contributed by atoms with van der Waals surface area (Å²) in [5.74, 6) is 2.16. The fourth-order valence-electron chi connectivity index (χ4n) is 3.63. The standard InChI is InChI=1S/C13H20N2O/c1-2-15-8-11(7-14-15)13(16)12-6-9-3-4-10(12)5-9/h7-10,12-13,16H,2-6H2,1H3. The Hall–Kier alpha value is -0.830. The van der Waals surface area contributed by atoms with Gasteiger partial charge in [0, 0.05) is 18.3 Å². The molecular formula is C13H20N2O. The summed E-state index contributed by atoms with van der Waals surface area (Å²) < 4.78 is 1.89. The van der Waals surface area contributed by atoms with Crippen LogP contribution in [0.4, 0.5) is 0 Å². The molecule has 88 valence electrons. The summed E-state index contributed by atoms with van der Waals surface area (Å²) in [5, 5.41) is 14.6. The minimum Gasteiger partial charge on any atom is -0.388 e. The molecule has 4 atom stereocenters. The van der Waals surface area contributed by atoms with Gasteiger partial charge in [0.15, 0.2) is 0 Å². The maximum Gasteiger partial charge on any atom is 0.0851 e. The van der Waals surface area contributed by atoms with Crippen LogP contribution in [0.1, 0.15) is 44.3 Å². The highest BCUT2D eigenvalue weighted by Crippen LogP contribution is 2.52. The van der Waals surface area contributed by atoms with Crippen molar-refractivity contribution < 1.29 is 5.11 Å². The molecule has 3 heteroatoms. The van der Waals surface area contributed by atoms with Crippen molar-refractivity contribution in [3.63, 3.8) is 0 Å². The number of aryl methyl sites for hydroxylation is 1. The summed E-state index contributed by atoms with van der Waals surface area (Å²) in [6, 6.07) is 0. The minimum atomic E-state index is -0.282. The number of aliphatic hydroxyl groups is 1. The van der Waals surface area contributed by atoms with Gasteiger partial charge >= 0.3 is 0 Å². The van der Waals surface area contributed by atoms with Gasteiger partial charge in [0.1, 0.15) is 0 Å². The number of rotatable bonds is 3. The summed E-state index contributed by atoms with van der Waals surface area (Å²) in [4.78, 5) is 0. The van der Waals surface area contributed by atoms with Gasteiger partial charge in [-0.15, -0.1) is 0 Å². The second-order valence-corrected chi connectivity index (χ2v) is 5.41. The summed E-state index contributed by atoms with van der Waals surface area (Å²) in [5.41, 5.74) is 1.01. The van der Waals surface area contributed by atoms with Crippen molar-refractivity contribution in [3.05, 3.63) is 18.0 Å². The lowest BCUT2D eigenvalue weighted by Gasteiger charge is -2.25. The van der Waals surface area contributed by atoms with Crippen molar-refractivity contribution in [2.75, 3.05) is 0 Å². The highest BCUT2D eigenvalue weighted by molar-refractivity contribution is 5.11. The molecule has 1 N–H and O–H groups in total. The van der Waals surface area contributed by atoms with E-state index in [1.54, 1.807) is 0 Å². The van der Waals surface area contributed by atoms with Gasteiger partial charge in [0.2, 0.25) is 0 Å². The van der Waals surface area contributed by atoms with Crippen molar-refractivity contribution in [1.82, 2.24) is 9.78 Å². The van der Waals surface area contributed by atoms with Crippen LogP contribution in [0.15, 0.2) is 12.4 Å². The van der Waals surface area contributed by atoms with E-state index in [-0.39, 0.29) is 6.10 Å². The molecule has 4 unspecified atom stereocenters. The molecule has 0 amide bonds. The van der Waals surface area contributed by atoms with Crippen molar-refractivity contribution in [1.29, 1.82) is 0 Å². The summed E-state index contributed by atoms with van der Waals surface area (Å²) >= 11 is 0. The molecular weight excluding hydrogens is 200 g/mol. The summed E-state index contributed by atoms with van der Waals surface area (Å²) in [7, 11) is 0. The Kier molecular flexibility index (Phi) is 2.51. The third kappa shape index (κ3) is 1.58. The van der Waals surface area contributed by atoms with Gasteiger partial charge in [-0.05, 0) is 43.9 Å². The quantitative estimate of drug-likeness (QED) is 0.849. The highest BCUT2D eigenvalue weighted by atomic mass is 16.3. The molecule has 0 aromatic carbocycles. The molecule has 2 aliphatic rings. The normalized spacial score (nSPS) is 34.5. The number of hydrogen-bond acceptors (Lipinski definition) is 2. The maximum absolute atomic E-state index is 10.4. The zero-order chi connectivity index (χ0) is 11.1. The lowest BCUT2D eigenvalue weighted by molar-refractivity contribution is 0.0744. The first-order chi connectivity index (χ1) is 7.78. The van der Waals surface area contributed by atoms with Gasteiger partial charge in [0.05, 0.1) is 12.3 Å². The predicted octanol–water partition coefficient (Wildman–Crippen LogP) is 2.37. The van der Waals surface area contributed by atoms with E-state index in [1.807, 2.05) is 17.1 Å². The van der Waals surface area contributed by atoms with Gasteiger partial charge in [-0.3, -0.25) is 4.68 Å². The van der Waals surface area contributed by atoms with Crippen LogP contribution in [0.5, 0.6) is 0 Å². The average molecular weight is 220 g/mol. The molecule has 0 radical (unpaired) electrons. The second-order valence-electron chi connectivity index (χ2n) is 5.41. The van der Waals surface area contributed by atoms with Gasteiger partial charge < -0.3 is 5.11 Å². The van der Waals surface area contributed by atoms with E-state index in [1.165, 1.54) is 25.7 Å².